The molecule has 0 aromatic carbocycles. The van der Waals surface area contributed by atoms with E-state index in [0.717, 1.165) is 37.7 Å². The maximum absolute atomic E-state index is 12.5. The van der Waals surface area contributed by atoms with Crippen LogP contribution < -0.4 is 0 Å². The number of carbonyl (C=O) groups is 1. The quantitative estimate of drug-likeness (QED) is 0.0998. The highest BCUT2D eigenvalue weighted by molar-refractivity contribution is 5.85. The molecule has 7 rings (SSSR count). The summed E-state index contributed by atoms with van der Waals surface area (Å²) >= 11 is 0. The van der Waals surface area contributed by atoms with E-state index in [1.54, 1.807) is 6.08 Å². The first-order valence-corrected chi connectivity index (χ1v) is 18.3. The summed E-state index contributed by atoms with van der Waals surface area (Å²) in [5, 5.41) is 96.2. The molecule has 0 aromatic rings. The van der Waals surface area contributed by atoms with Gasteiger partial charge in [-0.15, -0.1) is 0 Å². The second-order valence-corrected chi connectivity index (χ2v) is 16.2. The van der Waals surface area contributed by atoms with Crippen LogP contribution in [0.3, 0.4) is 0 Å². The Labute approximate surface area is 290 Å². The molecule has 3 heterocycles. The molecule has 6 fully saturated rings. The number of cyclic esters (lactones) is 1. The van der Waals surface area contributed by atoms with Gasteiger partial charge in [0.15, 0.2) is 12.6 Å². The molecular weight excluding hydrogens is 660 g/mol. The highest BCUT2D eigenvalue weighted by Gasteiger charge is 2.68. The Balaban J connectivity index is 1.04. The van der Waals surface area contributed by atoms with Gasteiger partial charge in [0, 0.05) is 18.1 Å². The first-order chi connectivity index (χ1) is 23.8. The van der Waals surface area contributed by atoms with Crippen molar-refractivity contribution in [1.29, 1.82) is 0 Å². The lowest BCUT2D eigenvalue weighted by atomic mass is 9.43. The third-order valence-corrected chi connectivity index (χ3v) is 14.2. The van der Waals surface area contributed by atoms with Crippen molar-refractivity contribution in [2.45, 2.75) is 138 Å². The molecule has 0 aromatic heterocycles. The highest BCUT2D eigenvalue weighted by Crippen LogP contribution is 2.70. The van der Waals surface area contributed by atoms with E-state index in [1.165, 1.54) is 0 Å². The average Bonchev–Trinajstić information content (AvgIpc) is 3.66. The highest BCUT2D eigenvalue weighted by atomic mass is 16.7. The molecule has 0 amide bonds. The maximum Gasteiger partial charge on any atom is 0.331 e. The zero-order valence-electron chi connectivity index (χ0n) is 28.4. The first-order valence-electron chi connectivity index (χ1n) is 18.3. The molecule has 0 spiro atoms. The largest absolute Gasteiger partial charge is 0.458 e. The Morgan fingerprint density at radius 2 is 1.48 bits per heavy atom. The first kappa shape index (κ1) is 37.0. The summed E-state index contributed by atoms with van der Waals surface area (Å²) in [6, 6.07) is 0. The van der Waals surface area contributed by atoms with Crippen molar-refractivity contribution < 1.29 is 74.4 Å². The number of fused-ring (bicyclic) bond motifs is 5. The van der Waals surface area contributed by atoms with Crippen molar-refractivity contribution in [2.75, 3.05) is 26.4 Å². The minimum atomic E-state index is -1.77. The van der Waals surface area contributed by atoms with E-state index in [4.69, 9.17) is 23.7 Å². The molecule has 284 valence electrons. The van der Waals surface area contributed by atoms with E-state index in [0.29, 0.717) is 25.7 Å². The molecule has 50 heavy (non-hydrogen) atoms. The van der Waals surface area contributed by atoms with Gasteiger partial charge in [-0.25, -0.2) is 4.79 Å². The lowest BCUT2D eigenvalue weighted by Gasteiger charge is -2.64. The molecule has 0 unspecified atom stereocenters. The van der Waals surface area contributed by atoms with Crippen LogP contribution in [-0.2, 0) is 28.5 Å². The van der Waals surface area contributed by atoms with E-state index in [2.05, 4.69) is 6.92 Å². The fourth-order valence-corrected chi connectivity index (χ4v) is 11.4. The number of ether oxygens (including phenoxy) is 5. The lowest BCUT2D eigenvalue weighted by Crippen LogP contribution is -2.65. The van der Waals surface area contributed by atoms with Crippen LogP contribution in [0, 0.1) is 34.5 Å². The third kappa shape index (κ3) is 5.71. The van der Waals surface area contributed by atoms with Crippen LogP contribution >= 0.6 is 0 Å². The van der Waals surface area contributed by atoms with Crippen LogP contribution in [0.15, 0.2) is 11.6 Å². The van der Waals surface area contributed by atoms with E-state index >= 15 is 0 Å². The van der Waals surface area contributed by atoms with E-state index in [-0.39, 0.29) is 42.9 Å². The molecule has 4 saturated carbocycles. The number of hydrogen-bond acceptors (Lipinski definition) is 15. The van der Waals surface area contributed by atoms with Crippen LogP contribution in [0.2, 0.25) is 0 Å². The van der Waals surface area contributed by atoms with Gasteiger partial charge in [-0.05, 0) is 92.4 Å². The minimum absolute atomic E-state index is 0.00127. The van der Waals surface area contributed by atoms with E-state index < -0.39 is 97.2 Å². The van der Waals surface area contributed by atoms with Gasteiger partial charge in [-0.3, -0.25) is 0 Å². The van der Waals surface area contributed by atoms with Gasteiger partial charge < -0.3 is 69.6 Å². The topological polar surface area (TPSA) is 245 Å². The number of esters is 1. The van der Waals surface area contributed by atoms with Crippen molar-refractivity contribution in [3.05, 3.63) is 11.6 Å². The van der Waals surface area contributed by atoms with Crippen LogP contribution in [0.1, 0.15) is 64.7 Å². The molecule has 2 saturated heterocycles. The van der Waals surface area contributed by atoms with Crippen LogP contribution in [0.5, 0.6) is 0 Å². The molecule has 9 N–H and O–H groups in total. The van der Waals surface area contributed by atoms with Crippen molar-refractivity contribution >= 4 is 5.97 Å². The van der Waals surface area contributed by atoms with Crippen molar-refractivity contribution in [2.24, 2.45) is 34.5 Å². The SMILES string of the molecule is C[C@]12CC[C@H]3[C@@H](CC[C@@H]4C[C@H](O[C@@H]5O[C@H](CO)[C@@H](O)[C@H](O[C@H]6O[C@H](CO)[C@@H](O)[C@H](O)[C@H]6O)[C@H]5O)CC[C@@]43CO)[C@@]1(O)CC[C@@H]2C1=CC(=O)OC1. The van der Waals surface area contributed by atoms with Crippen LogP contribution in [0.4, 0.5) is 0 Å². The van der Waals surface area contributed by atoms with Crippen molar-refractivity contribution in [3.8, 4) is 0 Å². The fourth-order valence-electron chi connectivity index (χ4n) is 11.4. The molecule has 0 bridgehead atoms. The summed E-state index contributed by atoms with van der Waals surface area (Å²) in [6.07, 6.45) is -7.79. The normalized spacial score (nSPS) is 53.6. The monoisotopic (exact) mass is 714 g/mol. The Morgan fingerprint density at radius 1 is 0.780 bits per heavy atom. The molecule has 15 heteroatoms. The molecule has 4 aliphatic carbocycles. The Morgan fingerprint density at radius 3 is 2.14 bits per heavy atom. The Kier molecular flexibility index (Phi) is 10.2. The van der Waals surface area contributed by atoms with Gasteiger partial charge in [-0.1, -0.05) is 6.92 Å². The van der Waals surface area contributed by atoms with Gasteiger partial charge in [0.05, 0.1) is 24.9 Å². The fraction of sp³-hybridized carbons (Fsp3) is 0.914. The Bertz CT molecular complexity index is 1280. The zero-order valence-corrected chi connectivity index (χ0v) is 28.4. The number of aliphatic hydroxyl groups excluding tert-OH is 8. The molecule has 7 aliphatic rings. The van der Waals surface area contributed by atoms with Crippen LogP contribution in [-0.4, -0.2) is 151 Å². The van der Waals surface area contributed by atoms with Gasteiger partial charge in [0.1, 0.15) is 55.4 Å². The predicted molar refractivity (Wildman–Crippen MR) is 168 cm³/mol. The van der Waals surface area contributed by atoms with Gasteiger partial charge in [0.2, 0.25) is 0 Å². The number of rotatable bonds is 8. The standard InChI is InChI=1S/C35H54O15/c1-33-7-5-20-21(35(33,45)9-6-19(33)16-10-24(39)46-14-16)3-2-17-11-18(4-8-34(17,20)15-38)47-32-29(44)30(26(41)23(13-37)49-32)50-31-28(43)27(42)25(40)22(12-36)48-31/h10,17-23,25-32,36-38,40-45H,2-9,11-15H2,1H3/t17-,18-,19-,20+,21-,22-,23-,25-,26-,27+,28-,29-,30+,31-,32-,33-,34-,35+/m1/s1. The zero-order chi connectivity index (χ0) is 35.7. The molecule has 0 radical (unpaired) electrons. The second-order valence-electron chi connectivity index (χ2n) is 16.2. The minimum Gasteiger partial charge on any atom is -0.458 e. The van der Waals surface area contributed by atoms with Gasteiger partial charge in [-0.2, -0.15) is 0 Å². The summed E-state index contributed by atoms with van der Waals surface area (Å²) in [5.41, 5.74) is -0.773. The van der Waals surface area contributed by atoms with E-state index in [1.807, 2.05) is 0 Å². The number of aliphatic hydroxyl groups is 9. The summed E-state index contributed by atoms with van der Waals surface area (Å²) in [7, 11) is 0. The summed E-state index contributed by atoms with van der Waals surface area (Å²) in [4.78, 5) is 11.9. The predicted octanol–water partition coefficient (Wildman–Crippen LogP) is -1.77. The van der Waals surface area contributed by atoms with Crippen LogP contribution in [0.25, 0.3) is 0 Å². The molecule has 18 atom stereocenters. The number of hydrogen-bond donors (Lipinski definition) is 9. The summed E-state index contributed by atoms with van der Waals surface area (Å²) < 4.78 is 28.5. The maximum atomic E-state index is 12.5. The summed E-state index contributed by atoms with van der Waals surface area (Å²) in [5.74, 6) is -0.0778. The molecular formula is C35H54O15. The van der Waals surface area contributed by atoms with Gasteiger partial charge in [0.25, 0.3) is 0 Å². The third-order valence-electron chi connectivity index (χ3n) is 14.2. The average molecular weight is 715 g/mol. The Hall–Kier alpha value is -1.31. The van der Waals surface area contributed by atoms with Gasteiger partial charge >= 0.3 is 5.97 Å². The molecule has 3 aliphatic heterocycles. The van der Waals surface area contributed by atoms with E-state index in [9.17, 15) is 50.8 Å². The second kappa shape index (κ2) is 13.8. The smallest absolute Gasteiger partial charge is 0.331 e. The van der Waals surface area contributed by atoms with Crippen molar-refractivity contribution in [1.82, 2.24) is 0 Å². The van der Waals surface area contributed by atoms with Crippen molar-refractivity contribution in [3.63, 3.8) is 0 Å². The summed E-state index contributed by atoms with van der Waals surface area (Å²) in [6.45, 7) is 1.09. The molecule has 15 nitrogen and oxygen atoms in total. The number of carbonyl (C=O) groups excluding carboxylic acids is 1. The lowest BCUT2D eigenvalue weighted by molar-refractivity contribution is -0.365.